The molecular weight excluding hydrogens is 414 g/mol. The third-order valence-corrected chi connectivity index (χ3v) is 5.59. The van der Waals surface area contributed by atoms with E-state index in [0.29, 0.717) is 22.0 Å². The Morgan fingerprint density at radius 1 is 1.46 bits per heavy atom. The normalized spacial score (nSPS) is 12.5. The van der Waals surface area contributed by atoms with E-state index in [4.69, 9.17) is 16.3 Å². The minimum Gasteiger partial charge on any atom is -0.362 e. The first-order valence-electron chi connectivity index (χ1n) is 6.95. The van der Waals surface area contributed by atoms with Crippen LogP contribution in [0.2, 0.25) is 5.02 Å². The molecule has 3 rings (SSSR count). The van der Waals surface area contributed by atoms with Crippen molar-refractivity contribution in [2.24, 2.45) is 0 Å². The molecule has 0 radical (unpaired) electrons. The van der Waals surface area contributed by atoms with E-state index in [-0.39, 0.29) is 5.78 Å². The van der Waals surface area contributed by atoms with E-state index < -0.39 is 5.44 Å². The molecule has 8 heteroatoms. The second-order valence-corrected chi connectivity index (χ2v) is 7.12. The second kappa shape index (κ2) is 7.23. The number of nitrogens with zero attached hydrogens (tertiary/aromatic N) is 2. The summed E-state index contributed by atoms with van der Waals surface area (Å²) >= 11 is 11.0. The number of carbonyl (C=O) groups excluding carboxylic acids is 1. The molecule has 1 N–H and O–H groups in total. The maximum Gasteiger partial charge on any atom is 0.218 e. The maximum absolute atomic E-state index is 12.9. The van der Waals surface area contributed by atoms with Crippen molar-refractivity contribution < 1.29 is 9.53 Å². The number of benzene rings is 1. The van der Waals surface area contributed by atoms with Gasteiger partial charge in [-0.05, 0) is 46.5 Å². The molecule has 0 aliphatic carbocycles. The number of carbonyl (C=O) groups is 1. The van der Waals surface area contributed by atoms with Crippen LogP contribution < -0.4 is 0 Å². The second-order valence-electron chi connectivity index (χ2n) is 4.96. The Morgan fingerprint density at radius 3 is 2.88 bits per heavy atom. The van der Waals surface area contributed by atoms with E-state index in [2.05, 4.69) is 31.1 Å². The molecule has 1 unspecified atom stereocenters. The van der Waals surface area contributed by atoms with Crippen LogP contribution in [-0.4, -0.2) is 39.8 Å². The monoisotopic (exact) mass is 425 g/mol. The summed E-state index contributed by atoms with van der Waals surface area (Å²) in [4.78, 5) is 16.1. The zero-order valence-corrected chi connectivity index (χ0v) is 16.0. The summed E-state index contributed by atoms with van der Waals surface area (Å²) in [6.45, 7) is 0. The Morgan fingerprint density at radius 2 is 2.25 bits per heavy atom. The summed E-state index contributed by atoms with van der Waals surface area (Å²) in [5.41, 5.74) is 1.88. The maximum atomic E-state index is 12.9. The highest BCUT2D eigenvalue weighted by Gasteiger charge is 2.26. The topological polar surface area (TPSA) is 67.9 Å². The summed E-state index contributed by atoms with van der Waals surface area (Å²) in [6.07, 6.45) is 3.41. The number of hydrogen-bond acceptors (Lipinski definition) is 5. The first-order valence-corrected chi connectivity index (χ1v) is 9.41. The molecule has 0 aliphatic heterocycles. The number of nitrogens with one attached hydrogen (secondary N) is 1. The molecule has 5 nitrogen and oxygen atoms in total. The molecule has 0 spiro atoms. The number of ketones is 1. The van der Waals surface area contributed by atoms with Gasteiger partial charge in [0.1, 0.15) is 0 Å². The van der Waals surface area contributed by atoms with Crippen molar-refractivity contribution in [1.29, 1.82) is 0 Å². The van der Waals surface area contributed by atoms with Crippen molar-refractivity contribution in [3.63, 3.8) is 0 Å². The molecule has 0 amide bonds. The van der Waals surface area contributed by atoms with Crippen LogP contribution in [0, 0.1) is 0 Å². The number of fused-ring (bicyclic) bond motifs is 1. The van der Waals surface area contributed by atoms with Gasteiger partial charge < -0.3 is 9.72 Å². The fraction of sp³-hybridized carbons (Fsp3) is 0.188. The Labute approximate surface area is 156 Å². The zero-order chi connectivity index (χ0) is 17.3. The number of thioether (sulfide) groups is 1. The fourth-order valence-corrected chi connectivity index (χ4v) is 3.53. The Bertz CT molecular complexity index is 897. The van der Waals surface area contributed by atoms with Crippen molar-refractivity contribution in [1.82, 2.24) is 15.2 Å². The zero-order valence-electron chi connectivity index (χ0n) is 12.8. The minimum atomic E-state index is -0.604. The molecule has 0 aliphatic rings. The predicted octanol–water partition coefficient (Wildman–Crippen LogP) is 4.56. The number of methoxy groups -OCH3 is 1. The highest BCUT2D eigenvalue weighted by molar-refractivity contribution is 9.10. The lowest BCUT2D eigenvalue weighted by Gasteiger charge is -2.11. The highest BCUT2D eigenvalue weighted by atomic mass is 79.9. The van der Waals surface area contributed by atoms with Gasteiger partial charge in [-0.2, -0.15) is 10.2 Å². The van der Waals surface area contributed by atoms with Crippen molar-refractivity contribution >= 4 is 56.0 Å². The SMILES string of the molecule is COC(SC)C(=O)c1[nH]c2cc(Br)c(Cl)cc2c1-c1cccnn1. The molecule has 1 aromatic carbocycles. The van der Waals surface area contributed by atoms with Crippen LogP contribution in [0.3, 0.4) is 0 Å². The molecule has 1 atom stereocenters. The molecular formula is C16H13BrClN3O2S. The molecule has 2 aromatic heterocycles. The van der Waals surface area contributed by atoms with E-state index in [9.17, 15) is 4.79 Å². The van der Waals surface area contributed by atoms with Crippen LogP contribution >= 0.6 is 39.3 Å². The van der Waals surface area contributed by atoms with E-state index in [0.717, 1.165) is 15.4 Å². The number of Topliss-reactive ketones (excluding diaryl/α,β-unsaturated/α-hetero) is 1. The number of H-pyrrole nitrogens is 1. The third kappa shape index (κ3) is 3.09. The summed E-state index contributed by atoms with van der Waals surface area (Å²) in [5, 5.41) is 9.43. The number of hydrogen-bond donors (Lipinski definition) is 1. The summed E-state index contributed by atoms with van der Waals surface area (Å²) in [6, 6.07) is 7.23. The lowest BCUT2D eigenvalue weighted by Crippen LogP contribution is -2.20. The Kier molecular flexibility index (Phi) is 5.24. The fourth-order valence-electron chi connectivity index (χ4n) is 2.50. The van der Waals surface area contributed by atoms with Crippen molar-refractivity contribution in [2.45, 2.75) is 5.44 Å². The number of aromatic nitrogens is 3. The van der Waals surface area contributed by atoms with Crippen molar-refractivity contribution in [2.75, 3.05) is 13.4 Å². The molecule has 0 fully saturated rings. The van der Waals surface area contributed by atoms with Crippen LogP contribution in [-0.2, 0) is 4.74 Å². The number of rotatable bonds is 5. The van der Waals surface area contributed by atoms with Gasteiger partial charge in [-0.3, -0.25) is 4.79 Å². The quantitative estimate of drug-likeness (QED) is 0.478. The van der Waals surface area contributed by atoms with Gasteiger partial charge in [-0.15, -0.1) is 11.8 Å². The van der Waals surface area contributed by atoms with E-state index in [1.54, 1.807) is 18.3 Å². The minimum absolute atomic E-state index is 0.158. The number of ether oxygens (including phenoxy) is 1. The first-order chi connectivity index (χ1) is 11.6. The molecule has 0 saturated heterocycles. The molecule has 124 valence electrons. The number of aromatic amines is 1. The van der Waals surface area contributed by atoms with Crippen LogP contribution in [0.5, 0.6) is 0 Å². The average molecular weight is 427 g/mol. The van der Waals surface area contributed by atoms with E-state index in [1.807, 2.05) is 18.4 Å². The van der Waals surface area contributed by atoms with E-state index in [1.165, 1.54) is 18.9 Å². The largest absolute Gasteiger partial charge is 0.362 e. The smallest absolute Gasteiger partial charge is 0.218 e. The molecule has 3 aromatic rings. The number of halogens is 2. The van der Waals surface area contributed by atoms with Gasteiger partial charge in [-0.25, -0.2) is 0 Å². The lowest BCUT2D eigenvalue weighted by atomic mass is 10.1. The first kappa shape index (κ1) is 17.4. The average Bonchev–Trinajstić information content (AvgIpc) is 2.95. The van der Waals surface area contributed by atoms with Gasteiger partial charge in [0.25, 0.3) is 0 Å². The van der Waals surface area contributed by atoms with Crippen LogP contribution in [0.15, 0.2) is 34.9 Å². The predicted molar refractivity (Wildman–Crippen MR) is 101 cm³/mol. The van der Waals surface area contributed by atoms with E-state index >= 15 is 0 Å². The Balaban J connectivity index is 2.30. The molecule has 0 bridgehead atoms. The lowest BCUT2D eigenvalue weighted by molar-refractivity contribution is 0.0791. The van der Waals surface area contributed by atoms with Crippen LogP contribution in [0.4, 0.5) is 0 Å². The molecule has 2 heterocycles. The summed E-state index contributed by atoms with van der Waals surface area (Å²) in [7, 11) is 1.51. The van der Waals surface area contributed by atoms with Gasteiger partial charge in [0.05, 0.1) is 16.4 Å². The van der Waals surface area contributed by atoms with Gasteiger partial charge in [0, 0.05) is 34.2 Å². The Hall–Kier alpha value is -1.41. The summed E-state index contributed by atoms with van der Waals surface area (Å²) in [5.74, 6) is -0.158. The van der Waals surface area contributed by atoms with Gasteiger partial charge in [0.15, 0.2) is 5.44 Å². The van der Waals surface area contributed by atoms with Crippen molar-refractivity contribution in [3.05, 3.63) is 45.7 Å². The molecule has 0 saturated carbocycles. The van der Waals surface area contributed by atoms with Crippen LogP contribution in [0.1, 0.15) is 10.5 Å². The van der Waals surface area contributed by atoms with Gasteiger partial charge in [-0.1, -0.05) is 11.6 Å². The molecule has 24 heavy (non-hydrogen) atoms. The van der Waals surface area contributed by atoms with Crippen molar-refractivity contribution in [3.8, 4) is 11.3 Å². The van der Waals surface area contributed by atoms with Crippen LogP contribution in [0.25, 0.3) is 22.2 Å². The van der Waals surface area contributed by atoms with Gasteiger partial charge >= 0.3 is 0 Å². The summed E-state index contributed by atoms with van der Waals surface area (Å²) < 4.78 is 6.02. The third-order valence-electron chi connectivity index (χ3n) is 3.56. The highest BCUT2D eigenvalue weighted by Crippen LogP contribution is 2.37. The van der Waals surface area contributed by atoms with Gasteiger partial charge in [0.2, 0.25) is 5.78 Å². The standard InChI is InChI=1S/C16H13BrClN3O2S/c1-23-16(24-2)15(22)14-13(11-4-3-5-19-21-11)8-6-10(18)9(17)7-12(8)20-14/h3-7,16,20H,1-2H3.